The van der Waals surface area contributed by atoms with Gasteiger partial charge in [-0.25, -0.2) is 4.90 Å². The second-order valence-corrected chi connectivity index (χ2v) is 9.53. The molecule has 34 heavy (non-hydrogen) atoms. The molecule has 0 bridgehead atoms. The first-order chi connectivity index (χ1) is 16.2. The lowest BCUT2D eigenvalue weighted by atomic mass is 9.78. The Balaban J connectivity index is 1.86. The summed E-state index contributed by atoms with van der Waals surface area (Å²) >= 11 is 1.52. The van der Waals surface area contributed by atoms with Crippen LogP contribution in [0.2, 0.25) is 0 Å². The molecule has 0 aliphatic carbocycles. The molecule has 0 saturated carbocycles. The number of phenolic OH excluding ortho intramolecular Hbond substituents is 1. The van der Waals surface area contributed by atoms with Gasteiger partial charge in [0.1, 0.15) is 11.3 Å². The maximum absolute atomic E-state index is 13.8. The molecule has 2 heterocycles. The lowest BCUT2D eigenvalue weighted by Gasteiger charge is -2.32. The topological polar surface area (TPSA) is 113 Å². The lowest BCUT2D eigenvalue weighted by Crippen LogP contribution is -2.56. The third-order valence-corrected chi connectivity index (χ3v) is 7.28. The Kier molecular flexibility index (Phi) is 6.51. The van der Waals surface area contributed by atoms with Gasteiger partial charge in [0.25, 0.3) is 0 Å². The molecule has 4 atom stereocenters. The number of benzene rings is 2. The van der Waals surface area contributed by atoms with Crippen LogP contribution < -0.4 is 10.2 Å². The summed E-state index contributed by atoms with van der Waals surface area (Å²) in [6, 6.07) is 12.1. The molecule has 178 valence electrons. The van der Waals surface area contributed by atoms with E-state index in [1.54, 1.807) is 30.3 Å². The van der Waals surface area contributed by atoms with Crippen LogP contribution in [0, 0.1) is 11.8 Å². The van der Waals surface area contributed by atoms with Crippen LogP contribution in [-0.2, 0) is 19.1 Å². The van der Waals surface area contributed by atoms with Crippen molar-refractivity contribution in [2.75, 3.05) is 24.0 Å². The summed E-state index contributed by atoms with van der Waals surface area (Å²) in [5.41, 5.74) is -0.0524. The molecule has 9 heteroatoms. The molecule has 4 rings (SSSR count). The van der Waals surface area contributed by atoms with Crippen LogP contribution in [-0.4, -0.2) is 53.3 Å². The van der Waals surface area contributed by atoms with E-state index in [-0.39, 0.29) is 18.0 Å². The number of thioether (sulfide) groups is 1. The molecule has 0 spiro atoms. The molecule has 2 fully saturated rings. The zero-order chi connectivity index (χ0) is 24.6. The molecular weight excluding hydrogens is 456 g/mol. The van der Waals surface area contributed by atoms with Gasteiger partial charge in [0.2, 0.25) is 11.8 Å². The van der Waals surface area contributed by atoms with Crippen LogP contribution in [0.15, 0.2) is 48.5 Å². The summed E-state index contributed by atoms with van der Waals surface area (Å²) in [7, 11) is 1.27. The molecule has 2 aromatic rings. The second kappa shape index (κ2) is 9.23. The first-order valence-electron chi connectivity index (χ1n) is 10.9. The molecular formula is C25H26N2O6S. The first kappa shape index (κ1) is 24.0. The van der Waals surface area contributed by atoms with Crippen molar-refractivity contribution in [3.63, 3.8) is 0 Å². The third-order valence-electron chi connectivity index (χ3n) is 6.67. The van der Waals surface area contributed by atoms with E-state index in [0.29, 0.717) is 22.6 Å². The number of ketones is 1. The average molecular weight is 483 g/mol. The number of Topliss-reactive ketones (excluding diaryl/α,β-unsaturated/α-hetero) is 1. The summed E-state index contributed by atoms with van der Waals surface area (Å²) < 4.78 is 5.14. The molecule has 8 nitrogen and oxygen atoms in total. The number of imide groups is 1. The average Bonchev–Trinajstić information content (AvgIpc) is 3.31. The van der Waals surface area contributed by atoms with E-state index >= 15 is 0 Å². The fourth-order valence-corrected chi connectivity index (χ4v) is 5.58. The van der Waals surface area contributed by atoms with Crippen molar-refractivity contribution in [3.05, 3.63) is 59.7 Å². The van der Waals surface area contributed by atoms with Crippen molar-refractivity contribution in [2.45, 2.75) is 24.9 Å². The lowest BCUT2D eigenvalue weighted by molar-refractivity contribution is -0.152. The van der Waals surface area contributed by atoms with Crippen molar-refractivity contribution in [1.82, 2.24) is 5.32 Å². The molecule has 0 unspecified atom stereocenters. The van der Waals surface area contributed by atoms with Crippen molar-refractivity contribution in [3.8, 4) is 5.75 Å². The number of anilines is 1. The highest BCUT2D eigenvalue weighted by Gasteiger charge is 2.68. The van der Waals surface area contributed by atoms with E-state index in [4.69, 9.17) is 4.74 Å². The van der Waals surface area contributed by atoms with Crippen molar-refractivity contribution >= 4 is 41.0 Å². The number of methoxy groups -OCH3 is 1. The SMILES string of the molecule is COC(=O)[C@]1(CCSC)N[C@H](c2ccc(O)cc2)[C@H]2C(=O)N(c3cccc(C(C)=O)c3)C(=O)[C@@H]21. The van der Waals surface area contributed by atoms with Crippen LogP contribution in [0.25, 0.3) is 0 Å². The Hall–Kier alpha value is -3.17. The maximum Gasteiger partial charge on any atom is 0.326 e. The smallest absolute Gasteiger partial charge is 0.326 e. The van der Waals surface area contributed by atoms with E-state index in [1.165, 1.54) is 44.0 Å². The predicted octanol–water partition coefficient (Wildman–Crippen LogP) is 2.71. The van der Waals surface area contributed by atoms with Gasteiger partial charge in [0.15, 0.2) is 5.78 Å². The van der Waals surface area contributed by atoms with Crippen LogP contribution in [0.5, 0.6) is 5.75 Å². The number of carbonyl (C=O) groups excluding carboxylic acids is 4. The number of hydrogen-bond donors (Lipinski definition) is 2. The summed E-state index contributed by atoms with van der Waals surface area (Å²) in [6.45, 7) is 1.41. The molecule has 2 saturated heterocycles. The summed E-state index contributed by atoms with van der Waals surface area (Å²) in [5.74, 6) is -2.96. The Morgan fingerprint density at radius 3 is 2.47 bits per heavy atom. The highest BCUT2D eigenvalue weighted by atomic mass is 32.2. The van der Waals surface area contributed by atoms with E-state index < -0.39 is 41.2 Å². The normalized spacial score (nSPS) is 26.0. The van der Waals surface area contributed by atoms with E-state index in [2.05, 4.69) is 5.32 Å². The summed E-state index contributed by atoms with van der Waals surface area (Å²) in [5, 5.41) is 13.0. The van der Waals surface area contributed by atoms with Gasteiger partial charge in [-0.2, -0.15) is 11.8 Å². The molecule has 2 aromatic carbocycles. The zero-order valence-electron chi connectivity index (χ0n) is 19.1. The standard InChI is InChI=1S/C25H26N2O6S/c1-14(28)16-5-4-6-17(13-16)27-22(30)19-20(23(27)31)25(11-12-34-3,24(32)33-2)26-21(19)15-7-9-18(29)10-8-15/h4-10,13,19-21,26,29H,11-12H2,1-3H3/t19-,20+,21+,25+/m0/s1. The van der Waals surface area contributed by atoms with Gasteiger partial charge in [-0.1, -0.05) is 24.3 Å². The summed E-state index contributed by atoms with van der Waals surface area (Å²) in [6.07, 6.45) is 2.19. The van der Waals surface area contributed by atoms with Crippen molar-refractivity contribution in [1.29, 1.82) is 0 Å². The molecule has 2 N–H and O–H groups in total. The summed E-state index contributed by atoms with van der Waals surface area (Å²) in [4.78, 5) is 53.8. The third kappa shape index (κ3) is 3.78. The molecule has 2 aliphatic heterocycles. The zero-order valence-corrected chi connectivity index (χ0v) is 19.9. The second-order valence-electron chi connectivity index (χ2n) is 8.54. The van der Waals surface area contributed by atoms with Gasteiger partial charge < -0.3 is 9.84 Å². The Labute approximate surface area is 201 Å². The number of nitrogens with one attached hydrogen (secondary N) is 1. The molecule has 2 amide bonds. The number of esters is 1. The molecule has 0 radical (unpaired) electrons. The van der Waals surface area contributed by atoms with Crippen LogP contribution in [0.3, 0.4) is 0 Å². The van der Waals surface area contributed by atoms with Gasteiger partial charge in [0, 0.05) is 11.6 Å². The van der Waals surface area contributed by atoms with Gasteiger partial charge in [-0.3, -0.25) is 24.5 Å². The number of phenols is 1. The largest absolute Gasteiger partial charge is 0.508 e. The monoisotopic (exact) mass is 482 g/mol. The Bertz CT molecular complexity index is 1150. The van der Waals surface area contributed by atoms with E-state index in [1.807, 2.05) is 6.26 Å². The minimum Gasteiger partial charge on any atom is -0.508 e. The van der Waals surface area contributed by atoms with Crippen molar-refractivity contribution < 1.29 is 29.0 Å². The Morgan fingerprint density at radius 1 is 1.15 bits per heavy atom. The Morgan fingerprint density at radius 2 is 1.85 bits per heavy atom. The highest BCUT2D eigenvalue weighted by Crippen LogP contribution is 2.51. The fourth-order valence-electron chi connectivity index (χ4n) is 5.05. The molecule has 2 aliphatic rings. The molecule has 0 aromatic heterocycles. The number of amides is 2. The number of rotatable bonds is 7. The van der Waals surface area contributed by atoms with Gasteiger partial charge >= 0.3 is 5.97 Å². The van der Waals surface area contributed by atoms with Crippen LogP contribution in [0.4, 0.5) is 5.69 Å². The number of fused-ring (bicyclic) bond motifs is 1. The number of ether oxygens (including phenoxy) is 1. The fraction of sp³-hybridized carbons (Fsp3) is 0.360. The van der Waals surface area contributed by atoms with Crippen LogP contribution in [0.1, 0.15) is 35.3 Å². The quantitative estimate of drug-likeness (QED) is 0.352. The van der Waals surface area contributed by atoms with Crippen LogP contribution >= 0.6 is 11.8 Å². The van der Waals surface area contributed by atoms with E-state index in [0.717, 1.165) is 4.90 Å². The number of hydrogen-bond acceptors (Lipinski definition) is 8. The predicted molar refractivity (Wildman–Crippen MR) is 128 cm³/mol. The van der Waals surface area contributed by atoms with E-state index in [9.17, 15) is 24.3 Å². The van der Waals surface area contributed by atoms with Gasteiger partial charge in [0.05, 0.1) is 24.6 Å². The van der Waals surface area contributed by atoms with Gasteiger partial charge in [-0.15, -0.1) is 0 Å². The maximum atomic E-state index is 13.8. The number of nitrogens with zero attached hydrogens (tertiary/aromatic N) is 1. The number of carbonyl (C=O) groups is 4. The highest BCUT2D eigenvalue weighted by molar-refractivity contribution is 7.98. The number of aromatic hydroxyl groups is 1. The van der Waals surface area contributed by atoms with Gasteiger partial charge in [-0.05, 0) is 55.2 Å². The minimum absolute atomic E-state index is 0.0661. The minimum atomic E-state index is -1.40. The van der Waals surface area contributed by atoms with Crippen molar-refractivity contribution in [2.24, 2.45) is 11.8 Å². The first-order valence-corrected chi connectivity index (χ1v) is 12.3.